The van der Waals surface area contributed by atoms with Crippen LogP contribution >= 0.6 is 0 Å². The first kappa shape index (κ1) is 11.9. The molecule has 0 saturated carbocycles. The zero-order chi connectivity index (χ0) is 12.5. The molecule has 0 saturated heterocycles. The van der Waals surface area contributed by atoms with Crippen molar-refractivity contribution in [2.45, 2.75) is 39.7 Å². The van der Waals surface area contributed by atoms with Crippen molar-refractivity contribution in [3.05, 3.63) is 53.6 Å². The first-order chi connectivity index (χ1) is 7.97. The number of aryl methyl sites for hydroxylation is 1. The summed E-state index contributed by atoms with van der Waals surface area (Å²) in [6.45, 7) is 9.85. The Kier molecular flexibility index (Phi) is 3.05. The molecule has 0 N–H and O–H groups in total. The van der Waals surface area contributed by atoms with Crippen LogP contribution in [-0.2, 0) is 12.0 Å². The van der Waals surface area contributed by atoms with Crippen LogP contribution in [0.5, 0.6) is 0 Å². The molecule has 1 aromatic heterocycles. The molecule has 0 fully saturated rings. The van der Waals surface area contributed by atoms with Gasteiger partial charge in [0.1, 0.15) is 0 Å². The average Bonchev–Trinajstić information content (AvgIpc) is 2.68. The van der Waals surface area contributed by atoms with Crippen LogP contribution in [0.1, 0.15) is 37.5 Å². The van der Waals surface area contributed by atoms with Crippen molar-refractivity contribution in [3.8, 4) is 0 Å². The number of hydrogen-bond acceptors (Lipinski definition) is 1. The summed E-state index contributed by atoms with van der Waals surface area (Å²) in [5.41, 5.74) is 4.34. The van der Waals surface area contributed by atoms with Gasteiger partial charge in [0.2, 0.25) is 0 Å². The van der Waals surface area contributed by atoms with Gasteiger partial charge >= 0.3 is 0 Å². The second kappa shape index (κ2) is 4.36. The fourth-order valence-electron chi connectivity index (χ4n) is 2.26. The summed E-state index contributed by atoms with van der Waals surface area (Å²) in [7, 11) is 0. The smallest absolute Gasteiger partial charge is 0.0949 e. The quantitative estimate of drug-likeness (QED) is 0.768. The molecular weight excluding hydrogens is 208 g/mol. The highest BCUT2D eigenvalue weighted by atomic mass is 15.0. The van der Waals surface area contributed by atoms with E-state index in [0.717, 1.165) is 6.54 Å². The highest BCUT2D eigenvalue weighted by molar-refractivity contribution is 5.35. The van der Waals surface area contributed by atoms with E-state index in [0.29, 0.717) is 0 Å². The normalized spacial score (nSPS) is 11.8. The van der Waals surface area contributed by atoms with Gasteiger partial charge in [-0.25, -0.2) is 4.98 Å². The van der Waals surface area contributed by atoms with Gasteiger partial charge in [0, 0.05) is 18.9 Å². The summed E-state index contributed by atoms with van der Waals surface area (Å²) in [5.74, 6) is 0. The zero-order valence-corrected chi connectivity index (χ0v) is 11.1. The fourth-order valence-corrected chi connectivity index (χ4v) is 2.26. The van der Waals surface area contributed by atoms with Crippen LogP contribution in [0.3, 0.4) is 0 Å². The van der Waals surface area contributed by atoms with Crippen LogP contribution in [0.2, 0.25) is 0 Å². The molecule has 90 valence electrons. The molecule has 0 bridgehead atoms. The largest absolute Gasteiger partial charge is 0.333 e. The number of imidazole rings is 1. The van der Waals surface area contributed by atoms with E-state index < -0.39 is 0 Å². The van der Waals surface area contributed by atoms with Crippen LogP contribution in [0.15, 0.2) is 36.9 Å². The number of benzene rings is 1. The number of hydrogen-bond donors (Lipinski definition) is 0. The van der Waals surface area contributed by atoms with E-state index >= 15 is 0 Å². The SMILES string of the molecule is Cc1cc(Cn2ccnc2)ccc1C(C)(C)C. The Bertz CT molecular complexity index is 490. The molecule has 2 heteroatoms. The lowest BCUT2D eigenvalue weighted by atomic mass is 9.83. The summed E-state index contributed by atoms with van der Waals surface area (Å²) in [6.07, 6.45) is 5.66. The lowest BCUT2D eigenvalue weighted by molar-refractivity contribution is 0.585. The molecular formula is C15H20N2. The van der Waals surface area contributed by atoms with Gasteiger partial charge in [-0.1, -0.05) is 39.0 Å². The minimum absolute atomic E-state index is 0.220. The summed E-state index contributed by atoms with van der Waals surface area (Å²) in [4.78, 5) is 4.06. The third kappa shape index (κ3) is 2.76. The van der Waals surface area contributed by atoms with Crippen LogP contribution in [0.25, 0.3) is 0 Å². The topological polar surface area (TPSA) is 17.8 Å². The monoisotopic (exact) mass is 228 g/mol. The number of rotatable bonds is 2. The Morgan fingerprint density at radius 3 is 2.53 bits per heavy atom. The summed E-state index contributed by atoms with van der Waals surface area (Å²) in [6, 6.07) is 6.75. The van der Waals surface area contributed by atoms with Crippen molar-refractivity contribution in [1.29, 1.82) is 0 Å². The molecule has 2 aromatic rings. The Morgan fingerprint density at radius 2 is 2.00 bits per heavy atom. The highest BCUT2D eigenvalue weighted by Gasteiger charge is 2.15. The van der Waals surface area contributed by atoms with E-state index in [1.165, 1.54) is 16.7 Å². The van der Waals surface area contributed by atoms with Crippen LogP contribution < -0.4 is 0 Å². The van der Waals surface area contributed by atoms with Crippen molar-refractivity contribution >= 4 is 0 Å². The zero-order valence-electron chi connectivity index (χ0n) is 11.1. The molecule has 0 aliphatic carbocycles. The van der Waals surface area contributed by atoms with Crippen LogP contribution in [0.4, 0.5) is 0 Å². The number of aromatic nitrogens is 2. The van der Waals surface area contributed by atoms with Gasteiger partial charge in [-0.15, -0.1) is 0 Å². The average molecular weight is 228 g/mol. The van der Waals surface area contributed by atoms with Gasteiger partial charge in [0.25, 0.3) is 0 Å². The molecule has 0 amide bonds. The van der Waals surface area contributed by atoms with Gasteiger partial charge in [-0.2, -0.15) is 0 Å². The second-order valence-electron chi connectivity index (χ2n) is 5.63. The van der Waals surface area contributed by atoms with Crippen molar-refractivity contribution in [2.24, 2.45) is 0 Å². The second-order valence-corrected chi connectivity index (χ2v) is 5.63. The van der Waals surface area contributed by atoms with E-state index in [9.17, 15) is 0 Å². The van der Waals surface area contributed by atoms with Crippen molar-refractivity contribution < 1.29 is 0 Å². The molecule has 0 spiro atoms. The van der Waals surface area contributed by atoms with Crippen LogP contribution in [0, 0.1) is 6.92 Å². The lowest BCUT2D eigenvalue weighted by Gasteiger charge is -2.22. The first-order valence-corrected chi connectivity index (χ1v) is 6.02. The van der Waals surface area contributed by atoms with Gasteiger partial charge in [-0.3, -0.25) is 0 Å². The molecule has 0 radical (unpaired) electrons. The maximum atomic E-state index is 4.06. The minimum Gasteiger partial charge on any atom is -0.333 e. The molecule has 0 aliphatic heterocycles. The predicted molar refractivity (Wildman–Crippen MR) is 71.2 cm³/mol. The Morgan fingerprint density at radius 1 is 1.24 bits per heavy atom. The van der Waals surface area contributed by atoms with E-state index in [-0.39, 0.29) is 5.41 Å². The van der Waals surface area contributed by atoms with Crippen molar-refractivity contribution in [1.82, 2.24) is 9.55 Å². The summed E-state index contributed by atoms with van der Waals surface area (Å²) in [5, 5.41) is 0. The molecule has 17 heavy (non-hydrogen) atoms. The van der Waals surface area contributed by atoms with E-state index in [1.807, 2.05) is 18.7 Å². The molecule has 2 rings (SSSR count). The Balaban J connectivity index is 2.25. The van der Waals surface area contributed by atoms with Crippen molar-refractivity contribution in [2.75, 3.05) is 0 Å². The van der Waals surface area contributed by atoms with E-state index in [4.69, 9.17) is 0 Å². The van der Waals surface area contributed by atoms with Crippen molar-refractivity contribution in [3.63, 3.8) is 0 Å². The van der Waals surface area contributed by atoms with E-state index in [2.05, 4.69) is 55.4 Å². The maximum Gasteiger partial charge on any atom is 0.0949 e. The molecule has 0 unspecified atom stereocenters. The fraction of sp³-hybridized carbons (Fsp3) is 0.400. The molecule has 1 aromatic carbocycles. The third-order valence-electron chi connectivity index (χ3n) is 3.02. The third-order valence-corrected chi connectivity index (χ3v) is 3.02. The molecule has 1 heterocycles. The minimum atomic E-state index is 0.220. The summed E-state index contributed by atoms with van der Waals surface area (Å²) < 4.78 is 2.09. The van der Waals surface area contributed by atoms with Crippen LogP contribution in [-0.4, -0.2) is 9.55 Å². The lowest BCUT2D eigenvalue weighted by Crippen LogP contribution is -2.13. The molecule has 0 aliphatic rings. The maximum absolute atomic E-state index is 4.06. The van der Waals surface area contributed by atoms with Gasteiger partial charge in [0.15, 0.2) is 0 Å². The Hall–Kier alpha value is -1.57. The highest BCUT2D eigenvalue weighted by Crippen LogP contribution is 2.26. The number of nitrogens with zero attached hydrogens (tertiary/aromatic N) is 2. The Labute approximate surface area is 103 Å². The first-order valence-electron chi connectivity index (χ1n) is 6.02. The van der Waals surface area contributed by atoms with E-state index in [1.54, 1.807) is 0 Å². The molecule has 0 atom stereocenters. The van der Waals surface area contributed by atoms with Gasteiger partial charge < -0.3 is 4.57 Å². The standard InChI is InChI=1S/C15H20N2/c1-12-9-13(10-17-8-7-16-11-17)5-6-14(12)15(2,3)4/h5-9,11H,10H2,1-4H3. The predicted octanol–water partition coefficient (Wildman–Crippen LogP) is 3.54. The summed E-state index contributed by atoms with van der Waals surface area (Å²) >= 11 is 0. The molecule has 2 nitrogen and oxygen atoms in total. The van der Waals surface area contributed by atoms with Gasteiger partial charge in [0.05, 0.1) is 6.33 Å². The van der Waals surface area contributed by atoms with Gasteiger partial charge in [-0.05, 0) is 29.0 Å².